The van der Waals surface area contributed by atoms with Gasteiger partial charge in [-0.15, -0.1) is 0 Å². The molecule has 0 saturated heterocycles. The third-order valence-electron chi connectivity index (χ3n) is 3.29. The average Bonchev–Trinajstić information content (AvgIpc) is 2.98. The highest BCUT2D eigenvalue weighted by Gasteiger charge is 2.22. The van der Waals surface area contributed by atoms with E-state index in [1.54, 1.807) is 0 Å². The van der Waals surface area contributed by atoms with Crippen LogP contribution in [0.5, 0.6) is 0 Å². The molecule has 1 aromatic carbocycles. The molecule has 0 unspecified atom stereocenters. The van der Waals surface area contributed by atoms with E-state index in [2.05, 4.69) is 5.32 Å². The molecule has 0 aliphatic carbocycles. The summed E-state index contributed by atoms with van der Waals surface area (Å²) in [6.45, 7) is -0.307. The Morgan fingerprint density at radius 3 is 2.24 bits per heavy atom. The Bertz CT molecular complexity index is 902. The van der Waals surface area contributed by atoms with Crippen LogP contribution in [0.25, 0.3) is 11.1 Å². The maximum atomic E-state index is 11.8. The Morgan fingerprint density at radius 2 is 1.76 bits per heavy atom. The molecule has 0 spiro atoms. The molecular weight excluding hydrogens is 352 g/mol. The van der Waals surface area contributed by atoms with Crippen LogP contribution in [0, 0.1) is 0 Å². The molecule has 25 heavy (non-hydrogen) atoms. The second-order valence-corrected chi connectivity index (χ2v) is 6.48. The number of carbonyl (C=O) groups excluding carboxylic acids is 2. The normalized spacial score (nSPS) is 11.5. The van der Waals surface area contributed by atoms with Crippen molar-refractivity contribution >= 4 is 22.0 Å². The van der Waals surface area contributed by atoms with Crippen molar-refractivity contribution in [2.24, 2.45) is 10.9 Å². The molecule has 11 heteroatoms. The molecule has 0 radical (unpaired) electrons. The van der Waals surface area contributed by atoms with E-state index in [0.717, 1.165) is 6.20 Å². The smallest absolute Gasteiger partial charge is 0.302 e. The maximum absolute atomic E-state index is 11.8. The number of hydrogen-bond donors (Lipinski definition) is 5. The van der Waals surface area contributed by atoms with Gasteiger partial charge in [0.05, 0.1) is 12.2 Å². The standard InChI is InChI=1S/C14H16N4O6S/c15-11(19)7-17-13(20)9-3-1-8(2-4-9)10-5-6-18(25(16,23)24)12(10)14(21)22/h1-6,14,21-22H,7H2,(H2,15,19)(H,17,20)(H2,16,23,24). The lowest BCUT2D eigenvalue weighted by molar-refractivity contribution is -0.117. The minimum absolute atomic E-state index is 0.216. The molecule has 0 bridgehead atoms. The van der Waals surface area contributed by atoms with Crippen molar-refractivity contribution in [2.45, 2.75) is 6.29 Å². The second kappa shape index (κ2) is 7.03. The highest BCUT2D eigenvalue weighted by atomic mass is 32.2. The number of nitrogens with one attached hydrogen (secondary N) is 1. The molecule has 2 aromatic rings. The van der Waals surface area contributed by atoms with E-state index in [1.807, 2.05) is 0 Å². The Hall–Kier alpha value is -2.73. The third-order valence-corrected chi connectivity index (χ3v) is 4.16. The highest BCUT2D eigenvalue weighted by Crippen LogP contribution is 2.29. The molecule has 1 aromatic heterocycles. The zero-order valence-corrected chi connectivity index (χ0v) is 13.6. The minimum Gasteiger partial charge on any atom is -0.368 e. The predicted octanol–water partition coefficient (Wildman–Crippen LogP) is -1.59. The first-order chi connectivity index (χ1) is 11.6. The number of rotatable bonds is 6. The van der Waals surface area contributed by atoms with Crippen molar-refractivity contribution in [3.05, 3.63) is 47.8 Å². The van der Waals surface area contributed by atoms with Crippen LogP contribution in [0.3, 0.4) is 0 Å². The van der Waals surface area contributed by atoms with Crippen molar-refractivity contribution < 1.29 is 28.2 Å². The molecule has 0 aliphatic rings. The second-order valence-electron chi connectivity index (χ2n) is 5.06. The number of aliphatic hydroxyl groups excluding tert-OH is 1. The Morgan fingerprint density at radius 1 is 1.16 bits per heavy atom. The van der Waals surface area contributed by atoms with Gasteiger partial charge in [0, 0.05) is 17.3 Å². The van der Waals surface area contributed by atoms with Gasteiger partial charge in [0.1, 0.15) is 0 Å². The van der Waals surface area contributed by atoms with Gasteiger partial charge in [0.15, 0.2) is 6.29 Å². The zero-order valence-electron chi connectivity index (χ0n) is 12.8. The number of benzene rings is 1. The van der Waals surface area contributed by atoms with Gasteiger partial charge in [0.2, 0.25) is 5.91 Å². The van der Waals surface area contributed by atoms with Crippen LogP contribution in [-0.2, 0) is 15.0 Å². The topological polar surface area (TPSA) is 178 Å². The number of carbonyl (C=O) groups is 2. The van der Waals surface area contributed by atoms with Gasteiger partial charge in [-0.1, -0.05) is 12.1 Å². The Kier molecular flexibility index (Phi) is 5.23. The van der Waals surface area contributed by atoms with Crippen LogP contribution in [0.4, 0.5) is 0 Å². The van der Waals surface area contributed by atoms with E-state index < -0.39 is 28.3 Å². The number of amides is 2. The first-order valence-electron chi connectivity index (χ1n) is 6.89. The van der Waals surface area contributed by atoms with E-state index in [9.17, 15) is 28.2 Å². The molecule has 7 N–H and O–H groups in total. The van der Waals surface area contributed by atoms with Crippen molar-refractivity contribution in [1.82, 2.24) is 9.29 Å². The van der Waals surface area contributed by atoms with Crippen LogP contribution < -0.4 is 16.2 Å². The molecule has 10 nitrogen and oxygen atoms in total. The molecule has 2 amide bonds. The molecule has 1 heterocycles. The summed E-state index contributed by atoms with van der Waals surface area (Å²) in [5.41, 5.74) is 5.49. The largest absolute Gasteiger partial charge is 0.368 e. The van der Waals surface area contributed by atoms with E-state index >= 15 is 0 Å². The van der Waals surface area contributed by atoms with Crippen LogP contribution >= 0.6 is 0 Å². The van der Waals surface area contributed by atoms with E-state index in [0.29, 0.717) is 9.54 Å². The van der Waals surface area contributed by atoms with Gasteiger partial charge in [-0.25, -0.2) is 9.11 Å². The van der Waals surface area contributed by atoms with Crippen LogP contribution in [0.15, 0.2) is 36.5 Å². The fraction of sp³-hybridized carbons (Fsp3) is 0.143. The first-order valence-corrected chi connectivity index (χ1v) is 8.39. The lowest BCUT2D eigenvalue weighted by atomic mass is 10.0. The zero-order chi connectivity index (χ0) is 18.8. The number of nitrogens with zero attached hydrogens (tertiary/aromatic N) is 1. The van der Waals surface area contributed by atoms with Crippen molar-refractivity contribution in [3.63, 3.8) is 0 Å². The van der Waals surface area contributed by atoms with E-state index in [1.165, 1.54) is 30.3 Å². The third kappa shape index (κ3) is 4.22. The molecule has 0 aliphatic heterocycles. The lowest BCUT2D eigenvalue weighted by Gasteiger charge is -2.11. The number of aliphatic hydroxyl groups is 2. The fourth-order valence-corrected chi connectivity index (χ4v) is 2.91. The van der Waals surface area contributed by atoms with E-state index in [4.69, 9.17) is 10.9 Å². The summed E-state index contributed by atoms with van der Waals surface area (Å²) in [6, 6.07) is 7.16. The molecular formula is C14H16N4O6S. The number of hydrogen-bond acceptors (Lipinski definition) is 6. The van der Waals surface area contributed by atoms with Crippen molar-refractivity contribution in [1.29, 1.82) is 0 Å². The van der Waals surface area contributed by atoms with Gasteiger partial charge in [-0.2, -0.15) is 8.42 Å². The summed E-state index contributed by atoms with van der Waals surface area (Å²) in [5.74, 6) is -1.20. The summed E-state index contributed by atoms with van der Waals surface area (Å²) in [4.78, 5) is 22.5. The summed E-state index contributed by atoms with van der Waals surface area (Å²) in [7, 11) is -4.21. The molecule has 0 fully saturated rings. The molecule has 2 rings (SSSR count). The predicted molar refractivity (Wildman–Crippen MR) is 87.1 cm³/mol. The Balaban J connectivity index is 2.36. The van der Waals surface area contributed by atoms with Gasteiger partial charge >= 0.3 is 10.2 Å². The number of nitrogens with two attached hydrogens (primary N) is 2. The fourth-order valence-electron chi connectivity index (χ4n) is 2.22. The lowest BCUT2D eigenvalue weighted by Crippen LogP contribution is -2.33. The molecule has 0 atom stereocenters. The highest BCUT2D eigenvalue weighted by molar-refractivity contribution is 7.87. The average molecular weight is 368 g/mol. The number of primary amides is 1. The van der Waals surface area contributed by atoms with Gasteiger partial charge < -0.3 is 21.3 Å². The van der Waals surface area contributed by atoms with Crippen molar-refractivity contribution in [3.8, 4) is 11.1 Å². The maximum Gasteiger partial charge on any atom is 0.302 e. The van der Waals surface area contributed by atoms with Gasteiger partial charge in [-0.05, 0) is 23.8 Å². The quantitative estimate of drug-likeness (QED) is 0.383. The van der Waals surface area contributed by atoms with Crippen LogP contribution in [-0.4, -0.2) is 41.0 Å². The Labute approximate surface area is 142 Å². The van der Waals surface area contributed by atoms with E-state index in [-0.39, 0.29) is 23.4 Å². The first kappa shape index (κ1) is 18.6. The van der Waals surface area contributed by atoms with Gasteiger partial charge in [-0.3, -0.25) is 9.59 Å². The molecule has 134 valence electrons. The van der Waals surface area contributed by atoms with Crippen molar-refractivity contribution in [2.75, 3.05) is 6.54 Å². The monoisotopic (exact) mass is 368 g/mol. The van der Waals surface area contributed by atoms with Crippen LogP contribution in [0.1, 0.15) is 22.3 Å². The summed E-state index contributed by atoms with van der Waals surface area (Å²) >= 11 is 0. The summed E-state index contributed by atoms with van der Waals surface area (Å²) in [5, 5.41) is 26.3. The summed E-state index contributed by atoms with van der Waals surface area (Å²) in [6.07, 6.45) is -0.991. The number of aromatic nitrogens is 1. The van der Waals surface area contributed by atoms with Crippen LogP contribution in [0.2, 0.25) is 0 Å². The molecule has 0 saturated carbocycles. The van der Waals surface area contributed by atoms with Gasteiger partial charge in [0.25, 0.3) is 5.91 Å². The SMILES string of the molecule is NC(=O)CNC(=O)c1ccc(-c2ccn(S(N)(=O)=O)c2C(O)O)cc1. The summed E-state index contributed by atoms with van der Waals surface area (Å²) < 4.78 is 23.6. The minimum atomic E-state index is -4.21.